The van der Waals surface area contributed by atoms with Crippen LogP contribution >= 0.6 is 0 Å². The fourth-order valence-electron chi connectivity index (χ4n) is 3.39. The van der Waals surface area contributed by atoms with Gasteiger partial charge in [0.1, 0.15) is 11.6 Å². The fourth-order valence-corrected chi connectivity index (χ4v) is 3.39. The van der Waals surface area contributed by atoms with Crippen molar-refractivity contribution in [2.24, 2.45) is 0 Å². The molecule has 1 N–H and O–H groups in total. The number of benzene rings is 3. The van der Waals surface area contributed by atoms with Gasteiger partial charge in [-0.15, -0.1) is 0 Å². The molecular weight excluding hydrogens is 310 g/mol. The number of carboxylic acids is 1. The summed E-state index contributed by atoms with van der Waals surface area (Å²) < 4.78 is 0. The molecule has 0 heterocycles. The zero-order valence-electron chi connectivity index (χ0n) is 14.0. The second-order valence-electron chi connectivity index (χ2n) is 6.19. The summed E-state index contributed by atoms with van der Waals surface area (Å²) in [5.74, 6) is -1.26. The maximum Gasteiger partial charge on any atom is 0.345 e. The lowest BCUT2D eigenvalue weighted by molar-refractivity contribution is -0.132. The SMILES string of the molecule is C=C(C#N)C(=O)O.c1ccc2c(c1)ccc1c3c(ccc12)CCCC3. The van der Waals surface area contributed by atoms with Gasteiger partial charge < -0.3 is 5.11 Å². The van der Waals surface area contributed by atoms with E-state index in [2.05, 4.69) is 55.1 Å². The Morgan fingerprint density at radius 1 is 0.960 bits per heavy atom. The lowest BCUT2D eigenvalue weighted by Gasteiger charge is -2.18. The van der Waals surface area contributed by atoms with Crippen molar-refractivity contribution < 1.29 is 9.90 Å². The first-order valence-electron chi connectivity index (χ1n) is 8.36. The smallest absolute Gasteiger partial charge is 0.345 e. The molecule has 0 saturated heterocycles. The van der Waals surface area contributed by atoms with Crippen LogP contribution in [0.4, 0.5) is 0 Å². The van der Waals surface area contributed by atoms with Crippen LogP contribution in [0.1, 0.15) is 24.0 Å². The van der Waals surface area contributed by atoms with Crippen molar-refractivity contribution in [3.05, 3.63) is 71.8 Å². The van der Waals surface area contributed by atoms with Gasteiger partial charge in [-0.1, -0.05) is 55.1 Å². The predicted octanol–water partition coefficient (Wildman–Crippen LogP) is 5.02. The molecule has 0 unspecified atom stereocenters. The van der Waals surface area contributed by atoms with Gasteiger partial charge in [-0.3, -0.25) is 0 Å². The number of carboxylic acid groups (broad SMARTS) is 1. The van der Waals surface area contributed by atoms with Gasteiger partial charge in [0.15, 0.2) is 0 Å². The molecule has 0 radical (unpaired) electrons. The van der Waals surface area contributed by atoms with Crippen molar-refractivity contribution in [3.63, 3.8) is 0 Å². The number of aliphatic carboxylic acids is 1. The molecule has 3 aromatic carbocycles. The number of aryl methyl sites for hydroxylation is 2. The average Bonchev–Trinajstić information content (AvgIpc) is 2.67. The van der Waals surface area contributed by atoms with E-state index >= 15 is 0 Å². The van der Waals surface area contributed by atoms with Gasteiger partial charge in [-0.25, -0.2) is 4.79 Å². The molecule has 0 atom stereocenters. The van der Waals surface area contributed by atoms with Gasteiger partial charge in [0.05, 0.1) is 0 Å². The summed E-state index contributed by atoms with van der Waals surface area (Å²) in [4.78, 5) is 9.61. The van der Waals surface area contributed by atoms with E-state index in [9.17, 15) is 4.79 Å². The Morgan fingerprint density at radius 3 is 2.40 bits per heavy atom. The molecule has 0 spiro atoms. The molecule has 0 aromatic heterocycles. The van der Waals surface area contributed by atoms with Crippen molar-refractivity contribution in [2.45, 2.75) is 25.7 Å². The van der Waals surface area contributed by atoms with Crippen LogP contribution in [0.25, 0.3) is 21.5 Å². The van der Waals surface area contributed by atoms with Gasteiger partial charge in [-0.2, -0.15) is 5.26 Å². The van der Waals surface area contributed by atoms with Crippen LogP contribution in [0.2, 0.25) is 0 Å². The van der Waals surface area contributed by atoms with Crippen LogP contribution in [-0.2, 0) is 17.6 Å². The molecule has 124 valence electrons. The number of fused-ring (bicyclic) bond motifs is 5. The highest BCUT2D eigenvalue weighted by atomic mass is 16.4. The highest BCUT2D eigenvalue weighted by molar-refractivity contribution is 6.08. The topological polar surface area (TPSA) is 61.1 Å². The maximum atomic E-state index is 9.61. The summed E-state index contributed by atoms with van der Waals surface area (Å²) in [6.45, 7) is 2.91. The molecule has 0 bridgehead atoms. The number of nitriles is 1. The fraction of sp³-hybridized carbons (Fsp3) is 0.182. The lowest BCUT2D eigenvalue weighted by Crippen LogP contribution is -2.02. The first kappa shape index (κ1) is 16.7. The minimum absolute atomic E-state index is 0.431. The summed E-state index contributed by atoms with van der Waals surface area (Å²) >= 11 is 0. The zero-order chi connectivity index (χ0) is 17.8. The van der Waals surface area contributed by atoms with E-state index in [0.717, 1.165) is 0 Å². The number of rotatable bonds is 1. The Balaban J connectivity index is 0.000000225. The number of nitrogens with zero attached hydrogens (tertiary/aromatic N) is 1. The Hall–Kier alpha value is -3.12. The molecule has 3 heteroatoms. The summed E-state index contributed by atoms with van der Waals surface area (Å²) in [5, 5.41) is 21.3. The summed E-state index contributed by atoms with van der Waals surface area (Å²) in [7, 11) is 0. The second-order valence-corrected chi connectivity index (χ2v) is 6.19. The molecule has 0 saturated carbocycles. The van der Waals surface area contributed by atoms with E-state index in [1.54, 1.807) is 11.1 Å². The predicted molar refractivity (Wildman–Crippen MR) is 100 cm³/mol. The van der Waals surface area contributed by atoms with Crippen LogP contribution in [-0.4, -0.2) is 11.1 Å². The summed E-state index contributed by atoms with van der Waals surface area (Å²) in [6.07, 6.45) is 5.22. The number of hydrogen-bond donors (Lipinski definition) is 1. The Kier molecular flexibility index (Phi) is 4.81. The first-order chi connectivity index (χ1) is 12.1. The van der Waals surface area contributed by atoms with E-state index in [-0.39, 0.29) is 0 Å². The molecule has 4 rings (SSSR count). The third-order valence-electron chi connectivity index (χ3n) is 4.65. The number of carbonyl (C=O) groups is 1. The van der Waals surface area contributed by atoms with Crippen molar-refractivity contribution in [2.75, 3.05) is 0 Å². The molecule has 3 nitrogen and oxygen atoms in total. The summed E-state index contributed by atoms with van der Waals surface area (Å²) in [6, 6.07) is 19.3. The van der Waals surface area contributed by atoms with Crippen molar-refractivity contribution >= 4 is 27.5 Å². The van der Waals surface area contributed by atoms with Gasteiger partial charge in [0.2, 0.25) is 0 Å². The van der Waals surface area contributed by atoms with Crippen molar-refractivity contribution in [3.8, 4) is 6.07 Å². The van der Waals surface area contributed by atoms with Crippen LogP contribution in [0, 0.1) is 11.3 Å². The molecular formula is C22H19NO2. The third-order valence-corrected chi connectivity index (χ3v) is 4.65. The van der Waals surface area contributed by atoms with Crippen LogP contribution in [0.5, 0.6) is 0 Å². The highest BCUT2D eigenvalue weighted by Gasteiger charge is 2.13. The first-order valence-corrected chi connectivity index (χ1v) is 8.36. The van der Waals surface area contributed by atoms with Gasteiger partial charge in [0, 0.05) is 0 Å². The van der Waals surface area contributed by atoms with Gasteiger partial charge >= 0.3 is 5.97 Å². The Labute approximate surface area is 146 Å². The Morgan fingerprint density at radius 2 is 1.68 bits per heavy atom. The normalized spacial score (nSPS) is 12.6. The van der Waals surface area contributed by atoms with E-state index in [1.165, 1.54) is 53.3 Å². The molecule has 0 fully saturated rings. The Bertz CT molecular complexity index is 1010. The monoisotopic (exact) mass is 329 g/mol. The molecule has 3 aromatic rings. The zero-order valence-corrected chi connectivity index (χ0v) is 14.0. The van der Waals surface area contributed by atoms with Crippen LogP contribution in [0.15, 0.2) is 60.7 Å². The minimum atomic E-state index is -1.26. The minimum Gasteiger partial charge on any atom is -0.477 e. The van der Waals surface area contributed by atoms with E-state index in [0.29, 0.717) is 0 Å². The van der Waals surface area contributed by atoms with E-state index in [4.69, 9.17) is 10.4 Å². The van der Waals surface area contributed by atoms with Gasteiger partial charge in [0.25, 0.3) is 0 Å². The van der Waals surface area contributed by atoms with Crippen molar-refractivity contribution in [1.82, 2.24) is 0 Å². The van der Waals surface area contributed by atoms with Gasteiger partial charge in [-0.05, 0) is 58.4 Å². The molecule has 1 aliphatic rings. The lowest BCUT2D eigenvalue weighted by atomic mass is 9.86. The quantitative estimate of drug-likeness (QED) is 0.387. The molecule has 25 heavy (non-hydrogen) atoms. The van der Waals surface area contributed by atoms with Crippen LogP contribution in [0.3, 0.4) is 0 Å². The molecule has 0 amide bonds. The summed E-state index contributed by atoms with van der Waals surface area (Å²) in [5.41, 5.74) is 2.74. The third kappa shape index (κ3) is 3.39. The van der Waals surface area contributed by atoms with Crippen molar-refractivity contribution in [1.29, 1.82) is 5.26 Å². The average molecular weight is 329 g/mol. The largest absolute Gasteiger partial charge is 0.477 e. The van der Waals surface area contributed by atoms with Crippen LogP contribution < -0.4 is 0 Å². The maximum absolute atomic E-state index is 9.61. The van der Waals surface area contributed by atoms with E-state index < -0.39 is 11.5 Å². The standard InChI is InChI=1S/C18H16.C4H3NO2/c1-3-7-15-13(5-1)9-11-18-16-8-4-2-6-14(16)10-12-17(15)18;1-3(2-5)4(6)7/h1,3,5,7,9-12H,2,4,6,8H2;1H2,(H,6,7). The second kappa shape index (κ2) is 7.19. The van der Waals surface area contributed by atoms with E-state index in [1.807, 2.05) is 0 Å². The molecule has 1 aliphatic carbocycles. The number of hydrogen-bond acceptors (Lipinski definition) is 2. The molecule has 0 aliphatic heterocycles. The highest BCUT2D eigenvalue weighted by Crippen LogP contribution is 2.33.